The highest BCUT2D eigenvalue weighted by Gasteiger charge is 2.31. The van der Waals surface area contributed by atoms with E-state index < -0.39 is 0 Å². The summed E-state index contributed by atoms with van der Waals surface area (Å²) in [4.78, 5) is 4.62. The van der Waals surface area contributed by atoms with Crippen LogP contribution >= 0.6 is 11.3 Å². The van der Waals surface area contributed by atoms with E-state index in [2.05, 4.69) is 50.3 Å². The van der Waals surface area contributed by atoms with Crippen molar-refractivity contribution in [3.63, 3.8) is 0 Å². The molecule has 0 aromatic carbocycles. The Morgan fingerprint density at radius 3 is 2.63 bits per heavy atom. The van der Waals surface area contributed by atoms with Gasteiger partial charge in [0.05, 0.1) is 10.7 Å². The molecule has 1 N–H and O–H groups in total. The maximum Gasteiger partial charge on any atom is 0.0898 e. The number of hydrogen-bond acceptors (Lipinski definition) is 3. The second-order valence-corrected chi connectivity index (χ2v) is 7.67. The van der Waals surface area contributed by atoms with Crippen LogP contribution in [0.25, 0.3) is 0 Å². The quantitative estimate of drug-likeness (QED) is 0.874. The Labute approximate surface area is 122 Å². The monoisotopic (exact) mass is 280 g/mol. The third kappa shape index (κ3) is 3.79. The zero-order valence-electron chi connectivity index (χ0n) is 12.9. The van der Waals surface area contributed by atoms with Crippen molar-refractivity contribution in [1.29, 1.82) is 0 Å². The molecule has 2 rings (SSSR count). The minimum absolute atomic E-state index is 0.376. The van der Waals surface area contributed by atoms with Crippen LogP contribution in [-0.2, 0) is 0 Å². The van der Waals surface area contributed by atoms with Crippen molar-refractivity contribution in [2.75, 3.05) is 0 Å². The van der Waals surface area contributed by atoms with Gasteiger partial charge < -0.3 is 5.32 Å². The van der Waals surface area contributed by atoms with Gasteiger partial charge in [-0.3, -0.25) is 0 Å². The fraction of sp³-hybridized carbons (Fsp3) is 0.812. The molecule has 2 nitrogen and oxygen atoms in total. The molecule has 1 heterocycles. The molecule has 3 heteroatoms. The van der Waals surface area contributed by atoms with Gasteiger partial charge in [0.25, 0.3) is 0 Å². The van der Waals surface area contributed by atoms with Crippen LogP contribution in [0.2, 0.25) is 0 Å². The fourth-order valence-corrected chi connectivity index (χ4v) is 4.09. The summed E-state index contributed by atoms with van der Waals surface area (Å²) in [6, 6.07) is 1.03. The number of aromatic nitrogens is 1. The van der Waals surface area contributed by atoms with Crippen LogP contribution in [-0.4, -0.2) is 11.0 Å². The standard InChI is InChI=1S/C16H28N2S/c1-10(2)14-7-6-11(3)8-15(14)17-12(4)16-9-19-13(5)18-16/h9-12,14-15,17H,6-8H2,1-5H3. The van der Waals surface area contributed by atoms with Gasteiger partial charge in [0, 0.05) is 17.5 Å². The minimum atomic E-state index is 0.376. The second kappa shape index (κ2) is 6.36. The summed E-state index contributed by atoms with van der Waals surface area (Å²) in [6.07, 6.45) is 4.08. The van der Waals surface area contributed by atoms with Crippen molar-refractivity contribution in [1.82, 2.24) is 10.3 Å². The summed E-state index contributed by atoms with van der Waals surface area (Å²) >= 11 is 1.75. The summed E-state index contributed by atoms with van der Waals surface area (Å²) < 4.78 is 0. The first kappa shape index (κ1) is 15.0. The Morgan fingerprint density at radius 1 is 1.32 bits per heavy atom. The van der Waals surface area contributed by atoms with E-state index in [1.807, 2.05) is 0 Å². The van der Waals surface area contributed by atoms with Crippen LogP contribution in [0.5, 0.6) is 0 Å². The molecule has 1 aliphatic rings. The Hall–Kier alpha value is -0.410. The molecule has 0 amide bonds. The minimum Gasteiger partial charge on any atom is -0.306 e. The molecule has 4 atom stereocenters. The number of nitrogens with zero attached hydrogens (tertiary/aromatic N) is 1. The van der Waals surface area contributed by atoms with Crippen LogP contribution in [0.1, 0.15) is 63.7 Å². The molecular formula is C16H28N2S. The molecule has 108 valence electrons. The van der Waals surface area contributed by atoms with Gasteiger partial charge in [0.15, 0.2) is 0 Å². The SMILES string of the molecule is Cc1nc(C(C)NC2CC(C)CCC2C(C)C)cs1. The molecule has 19 heavy (non-hydrogen) atoms. The third-order valence-electron chi connectivity index (χ3n) is 4.57. The molecular weight excluding hydrogens is 252 g/mol. The lowest BCUT2D eigenvalue weighted by Crippen LogP contribution is -2.43. The van der Waals surface area contributed by atoms with Crippen molar-refractivity contribution in [2.24, 2.45) is 17.8 Å². The van der Waals surface area contributed by atoms with Crippen LogP contribution < -0.4 is 5.32 Å². The van der Waals surface area contributed by atoms with Gasteiger partial charge >= 0.3 is 0 Å². The van der Waals surface area contributed by atoms with Gasteiger partial charge in [0.1, 0.15) is 0 Å². The number of thiazole rings is 1. The zero-order chi connectivity index (χ0) is 14.0. The fourth-order valence-electron chi connectivity index (χ4n) is 3.38. The smallest absolute Gasteiger partial charge is 0.0898 e. The maximum atomic E-state index is 4.62. The van der Waals surface area contributed by atoms with Crippen molar-refractivity contribution >= 4 is 11.3 Å². The first-order valence-corrected chi connectivity index (χ1v) is 8.53. The average molecular weight is 280 g/mol. The van der Waals surface area contributed by atoms with E-state index in [4.69, 9.17) is 0 Å². The molecule has 0 bridgehead atoms. The molecule has 0 spiro atoms. The summed E-state index contributed by atoms with van der Waals surface area (Å²) in [5.41, 5.74) is 1.21. The highest BCUT2D eigenvalue weighted by Crippen LogP contribution is 2.34. The van der Waals surface area contributed by atoms with E-state index in [9.17, 15) is 0 Å². The lowest BCUT2D eigenvalue weighted by Gasteiger charge is -2.39. The van der Waals surface area contributed by atoms with Crippen molar-refractivity contribution in [3.05, 3.63) is 16.1 Å². The van der Waals surface area contributed by atoms with Crippen LogP contribution in [0.3, 0.4) is 0 Å². The predicted octanol–water partition coefficient (Wildman–Crippen LogP) is 4.56. The lowest BCUT2D eigenvalue weighted by molar-refractivity contribution is 0.160. The van der Waals surface area contributed by atoms with Gasteiger partial charge in [0.2, 0.25) is 0 Å². The van der Waals surface area contributed by atoms with Gasteiger partial charge in [-0.2, -0.15) is 0 Å². The molecule has 0 radical (unpaired) electrons. The van der Waals surface area contributed by atoms with E-state index >= 15 is 0 Å². The third-order valence-corrected chi connectivity index (χ3v) is 5.36. The number of rotatable bonds is 4. The zero-order valence-corrected chi connectivity index (χ0v) is 13.8. The summed E-state index contributed by atoms with van der Waals surface area (Å²) in [7, 11) is 0. The van der Waals surface area contributed by atoms with Crippen LogP contribution in [0, 0.1) is 24.7 Å². The Bertz CT molecular complexity index is 399. The highest BCUT2D eigenvalue weighted by atomic mass is 32.1. The van der Waals surface area contributed by atoms with E-state index in [0.29, 0.717) is 12.1 Å². The molecule has 1 saturated carbocycles. The van der Waals surface area contributed by atoms with Crippen molar-refractivity contribution in [3.8, 4) is 0 Å². The topological polar surface area (TPSA) is 24.9 Å². The molecule has 1 aromatic heterocycles. The van der Waals surface area contributed by atoms with Gasteiger partial charge in [-0.15, -0.1) is 11.3 Å². The van der Waals surface area contributed by atoms with E-state index in [-0.39, 0.29) is 0 Å². The van der Waals surface area contributed by atoms with Gasteiger partial charge in [-0.1, -0.05) is 27.2 Å². The molecule has 1 aromatic rings. The largest absolute Gasteiger partial charge is 0.306 e. The van der Waals surface area contributed by atoms with Crippen molar-refractivity contribution in [2.45, 2.75) is 66.0 Å². The molecule has 1 aliphatic carbocycles. The molecule has 1 fully saturated rings. The summed E-state index contributed by atoms with van der Waals surface area (Å²) in [5, 5.41) is 7.22. The van der Waals surface area contributed by atoms with E-state index in [0.717, 1.165) is 17.8 Å². The van der Waals surface area contributed by atoms with Crippen molar-refractivity contribution < 1.29 is 0 Å². The Kier molecular flexibility index (Phi) is 5.02. The Morgan fingerprint density at radius 2 is 2.05 bits per heavy atom. The average Bonchev–Trinajstić information content (AvgIpc) is 2.75. The first-order valence-electron chi connectivity index (χ1n) is 7.65. The molecule has 0 saturated heterocycles. The molecule has 4 unspecified atom stereocenters. The number of aryl methyl sites for hydroxylation is 1. The second-order valence-electron chi connectivity index (χ2n) is 6.61. The number of hydrogen-bond donors (Lipinski definition) is 1. The maximum absolute atomic E-state index is 4.62. The number of nitrogens with one attached hydrogen (secondary N) is 1. The van der Waals surface area contributed by atoms with Gasteiger partial charge in [-0.25, -0.2) is 4.98 Å². The molecule has 0 aliphatic heterocycles. The first-order chi connectivity index (χ1) is 8.97. The van der Waals surface area contributed by atoms with E-state index in [1.165, 1.54) is 30.0 Å². The van der Waals surface area contributed by atoms with Crippen LogP contribution in [0.4, 0.5) is 0 Å². The Balaban J connectivity index is 2.02. The van der Waals surface area contributed by atoms with E-state index in [1.54, 1.807) is 11.3 Å². The van der Waals surface area contributed by atoms with Gasteiger partial charge in [-0.05, 0) is 44.4 Å². The normalized spacial score (nSPS) is 29.7. The summed E-state index contributed by atoms with van der Waals surface area (Å²) in [5.74, 6) is 2.45. The van der Waals surface area contributed by atoms with Crippen LogP contribution in [0.15, 0.2) is 5.38 Å². The predicted molar refractivity (Wildman–Crippen MR) is 83.5 cm³/mol. The lowest BCUT2D eigenvalue weighted by atomic mass is 9.74. The summed E-state index contributed by atoms with van der Waals surface area (Å²) in [6.45, 7) is 11.5. The highest BCUT2D eigenvalue weighted by molar-refractivity contribution is 7.09.